The van der Waals surface area contributed by atoms with Crippen molar-refractivity contribution in [3.05, 3.63) is 23.8 Å². The zero-order valence-corrected chi connectivity index (χ0v) is 9.27. The predicted octanol–water partition coefficient (Wildman–Crippen LogP) is 1.66. The molecule has 3 heteroatoms. The van der Waals surface area contributed by atoms with Gasteiger partial charge in [-0.3, -0.25) is 0 Å². The molecule has 15 heavy (non-hydrogen) atoms. The number of hydrogen-bond acceptors (Lipinski definition) is 3. The largest absolute Gasteiger partial charge is 0.508 e. The van der Waals surface area contributed by atoms with Crippen molar-refractivity contribution in [3.8, 4) is 5.75 Å². The molecule has 1 aromatic carbocycles. The molecule has 2 rings (SSSR count). The highest BCUT2D eigenvalue weighted by Gasteiger charge is 2.31. The SMILES string of the molecule is CC(C)N1CC(CN)c2c(O)cccc21. The zero-order chi connectivity index (χ0) is 11.0. The quantitative estimate of drug-likeness (QED) is 0.773. The van der Waals surface area contributed by atoms with Crippen LogP contribution in [0.25, 0.3) is 0 Å². The Bertz CT molecular complexity index is 363. The smallest absolute Gasteiger partial charge is 0.121 e. The highest BCUT2D eigenvalue weighted by atomic mass is 16.3. The molecular formula is C12H18N2O. The molecule has 0 radical (unpaired) electrons. The van der Waals surface area contributed by atoms with Gasteiger partial charge in [0.15, 0.2) is 0 Å². The molecule has 0 saturated carbocycles. The van der Waals surface area contributed by atoms with Crippen LogP contribution >= 0.6 is 0 Å². The Morgan fingerprint density at radius 2 is 2.27 bits per heavy atom. The van der Waals surface area contributed by atoms with Gasteiger partial charge in [0.05, 0.1) is 0 Å². The van der Waals surface area contributed by atoms with E-state index in [-0.39, 0.29) is 5.92 Å². The lowest BCUT2D eigenvalue weighted by atomic mass is 10.0. The summed E-state index contributed by atoms with van der Waals surface area (Å²) in [5, 5.41) is 9.85. The third-order valence-electron chi connectivity index (χ3n) is 3.10. The summed E-state index contributed by atoms with van der Waals surface area (Å²) in [4.78, 5) is 2.30. The molecule has 0 aromatic heterocycles. The summed E-state index contributed by atoms with van der Waals surface area (Å²) in [6.45, 7) is 5.83. The predicted molar refractivity (Wildman–Crippen MR) is 62.4 cm³/mol. The van der Waals surface area contributed by atoms with E-state index < -0.39 is 0 Å². The summed E-state index contributed by atoms with van der Waals surface area (Å²) in [6, 6.07) is 6.14. The fraction of sp³-hybridized carbons (Fsp3) is 0.500. The van der Waals surface area contributed by atoms with Crippen molar-refractivity contribution < 1.29 is 5.11 Å². The highest BCUT2D eigenvalue weighted by molar-refractivity contribution is 5.65. The van der Waals surface area contributed by atoms with Gasteiger partial charge in [0.25, 0.3) is 0 Å². The van der Waals surface area contributed by atoms with E-state index in [9.17, 15) is 5.11 Å². The van der Waals surface area contributed by atoms with Crippen molar-refractivity contribution in [1.29, 1.82) is 0 Å². The van der Waals surface area contributed by atoms with Gasteiger partial charge in [-0.25, -0.2) is 0 Å². The van der Waals surface area contributed by atoms with E-state index >= 15 is 0 Å². The second-order valence-corrected chi connectivity index (χ2v) is 4.39. The fourth-order valence-electron chi connectivity index (χ4n) is 2.32. The Morgan fingerprint density at radius 3 is 2.87 bits per heavy atom. The van der Waals surface area contributed by atoms with Crippen molar-refractivity contribution in [3.63, 3.8) is 0 Å². The van der Waals surface area contributed by atoms with Crippen LogP contribution in [0.3, 0.4) is 0 Å². The maximum Gasteiger partial charge on any atom is 0.121 e. The number of phenolic OH excluding ortho intramolecular Hbond substituents is 1. The lowest BCUT2D eigenvalue weighted by Gasteiger charge is -2.24. The molecule has 0 amide bonds. The van der Waals surface area contributed by atoms with E-state index in [0.717, 1.165) is 17.8 Å². The standard InChI is InChI=1S/C12H18N2O/c1-8(2)14-7-9(6-13)12-10(14)4-3-5-11(12)15/h3-5,8-9,15H,6-7,13H2,1-2H3. The Balaban J connectivity index is 2.47. The summed E-state index contributed by atoms with van der Waals surface area (Å²) in [7, 11) is 0. The normalized spacial score (nSPS) is 19.7. The summed E-state index contributed by atoms with van der Waals surface area (Å²) in [5.74, 6) is 0.648. The van der Waals surface area contributed by atoms with Crippen LogP contribution in [0.15, 0.2) is 18.2 Å². The number of nitrogens with zero attached hydrogens (tertiary/aromatic N) is 1. The minimum Gasteiger partial charge on any atom is -0.508 e. The molecule has 0 spiro atoms. The number of anilines is 1. The van der Waals surface area contributed by atoms with E-state index in [1.807, 2.05) is 6.07 Å². The van der Waals surface area contributed by atoms with Gasteiger partial charge >= 0.3 is 0 Å². The third-order valence-corrected chi connectivity index (χ3v) is 3.10. The molecule has 1 unspecified atom stereocenters. The molecule has 0 fully saturated rings. The van der Waals surface area contributed by atoms with Crippen molar-refractivity contribution in [1.82, 2.24) is 0 Å². The maximum atomic E-state index is 9.85. The molecule has 1 atom stereocenters. The van der Waals surface area contributed by atoms with E-state index in [0.29, 0.717) is 18.3 Å². The number of benzene rings is 1. The van der Waals surface area contributed by atoms with Gasteiger partial charge in [0, 0.05) is 36.3 Å². The topological polar surface area (TPSA) is 49.5 Å². The first-order chi connectivity index (χ1) is 7.15. The van der Waals surface area contributed by atoms with Gasteiger partial charge < -0.3 is 15.7 Å². The number of nitrogens with two attached hydrogens (primary N) is 1. The van der Waals surface area contributed by atoms with Crippen LogP contribution in [0.4, 0.5) is 5.69 Å². The second kappa shape index (κ2) is 3.74. The van der Waals surface area contributed by atoms with Crippen molar-refractivity contribution in [2.24, 2.45) is 5.73 Å². The average Bonchev–Trinajstić information content (AvgIpc) is 2.58. The molecule has 0 aliphatic carbocycles. The molecule has 0 saturated heterocycles. The maximum absolute atomic E-state index is 9.85. The van der Waals surface area contributed by atoms with Gasteiger partial charge in [0.2, 0.25) is 0 Å². The first-order valence-corrected chi connectivity index (χ1v) is 5.43. The molecular weight excluding hydrogens is 188 g/mol. The molecule has 1 aliphatic rings. The summed E-state index contributed by atoms with van der Waals surface area (Å²) in [6.07, 6.45) is 0. The molecule has 1 aliphatic heterocycles. The van der Waals surface area contributed by atoms with E-state index in [1.54, 1.807) is 6.07 Å². The van der Waals surface area contributed by atoms with Crippen LogP contribution in [0, 0.1) is 0 Å². The molecule has 3 N–H and O–H groups in total. The molecule has 82 valence electrons. The Morgan fingerprint density at radius 1 is 1.53 bits per heavy atom. The van der Waals surface area contributed by atoms with Gasteiger partial charge in [-0.15, -0.1) is 0 Å². The first-order valence-electron chi connectivity index (χ1n) is 5.43. The Hall–Kier alpha value is -1.22. The molecule has 3 nitrogen and oxygen atoms in total. The minimum absolute atomic E-state index is 0.267. The van der Waals surface area contributed by atoms with Gasteiger partial charge in [-0.2, -0.15) is 0 Å². The van der Waals surface area contributed by atoms with Crippen LogP contribution in [0.2, 0.25) is 0 Å². The zero-order valence-electron chi connectivity index (χ0n) is 9.27. The van der Waals surface area contributed by atoms with E-state index in [2.05, 4.69) is 24.8 Å². The third kappa shape index (κ3) is 1.57. The summed E-state index contributed by atoms with van der Waals surface area (Å²) < 4.78 is 0. The monoisotopic (exact) mass is 206 g/mol. The van der Waals surface area contributed by atoms with Gasteiger partial charge in [0.1, 0.15) is 5.75 Å². The average molecular weight is 206 g/mol. The van der Waals surface area contributed by atoms with Crippen LogP contribution < -0.4 is 10.6 Å². The van der Waals surface area contributed by atoms with E-state index in [1.165, 1.54) is 0 Å². The number of aromatic hydroxyl groups is 1. The van der Waals surface area contributed by atoms with Gasteiger partial charge in [-0.05, 0) is 26.0 Å². The lowest BCUT2D eigenvalue weighted by molar-refractivity contribution is 0.465. The molecule has 1 heterocycles. The summed E-state index contributed by atoms with van der Waals surface area (Å²) >= 11 is 0. The lowest BCUT2D eigenvalue weighted by Crippen LogP contribution is -2.30. The first kappa shape index (κ1) is 10.3. The number of phenols is 1. The molecule has 0 bridgehead atoms. The minimum atomic E-state index is 0.267. The van der Waals surface area contributed by atoms with Crippen LogP contribution in [-0.4, -0.2) is 24.2 Å². The van der Waals surface area contributed by atoms with Gasteiger partial charge in [-0.1, -0.05) is 6.07 Å². The Labute approximate surface area is 90.5 Å². The van der Waals surface area contributed by atoms with E-state index in [4.69, 9.17) is 5.73 Å². The number of fused-ring (bicyclic) bond motifs is 1. The Kier molecular flexibility index (Phi) is 2.57. The van der Waals surface area contributed by atoms with Crippen molar-refractivity contribution in [2.75, 3.05) is 18.0 Å². The fourth-order valence-corrected chi connectivity index (χ4v) is 2.32. The number of hydrogen-bond donors (Lipinski definition) is 2. The second-order valence-electron chi connectivity index (χ2n) is 4.39. The van der Waals surface area contributed by atoms with Crippen LogP contribution in [0.1, 0.15) is 25.3 Å². The highest BCUT2D eigenvalue weighted by Crippen LogP contribution is 2.41. The molecule has 1 aromatic rings. The van der Waals surface area contributed by atoms with Crippen LogP contribution in [0.5, 0.6) is 5.75 Å². The number of rotatable bonds is 2. The van der Waals surface area contributed by atoms with Crippen LogP contribution in [-0.2, 0) is 0 Å². The van der Waals surface area contributed by atoms with Crippen molar-refractivity contribution in [2.45, 2.75) is 25.8 Å². The van der Waals surface area contributed by atoms with Crippen molar-refractivity contribution >= 4 is 5.69 Å². The summed E-state index contributed by atoms with van der Waals surface area (Å²) in [5.41, 5.74) is 7.90.